The van der Waals surface area contributed by atoms with Crippen LogP contribution >= 0.6 is 0 Å². The van der Waals surface area contributed by atoms with Gasteiger partial charge in [-0.1, -0.05) is 30.3 Å². The molecular weight excluding hydrogens is 454 g/mol. The van der Waals surface area contributed by atoms with Crippen molar-refractivity contribution in [2.75, 3.05) is 6.54 Å². The van der Waals surface area contributed by atoms with Gasteiger partial charge in [-0.05, 0) is 17.7 Å². The molecule has 0 spiro atoms. The number of nitrogens with one attached hydrogen (secondary N) is 1. The summed E-state index contributed by atoms with van der Waals surface area (Å²) < 4.78 is 54.9. The van der Waals surface area contributed by atoms with Crippen molar-refractivity contribution in [3.8, 4) is 0 Å². The van der Waals surface area contributed by atoms with E-state index in [1.807, 2.05) is 12.1 Å². The van der Waals surface area contributed by atoms with Gasteiger partial charge in [0.1, 0.15) is 5.82 Å². The average Bonchev–Trinajstić information content (AvgIpc) is 3.26. The number of imidazole rings is 1. The number of aromatic nitrogens is 2. The Morgan fingerprint density at radius 3 is 2.76 bits per heavy atom. The summed E-state index contributed by atoms with van der Waals surface area (Å²) in [5.41, 5.74) is 5.36. The summed E-state index contributed by atoms with van der Waals surface area (Å²) in [6.07, 6.45) is -4.15. The Bertz CT molecular complexity index is 1300. The number of hydrogen-bond donors (Lipinski definition) is 2. The van der Waals surface area contributed by atoms with E-state index in [1.54, 1.807) is 18.2 Å². The highest BCUT2D eigenvalue weighted by molar-refractivity contribution is 6.04. The number of benzene rings is 2. The van der Waals surface area contributed by atoms with Crippen LogP contribution in [0.15, 0.2) is 53.8 Å². The first-order chi connectivity index (χ1) is 16.2. The zero-order valence-electron chi connectivity index (χ0n) is 17.7. The van der Waals surface area contributed by atoms with Gasteiger partial charge in [0.25, 0.3) is 5.91 Å². The monoisotopic (exact) mass is 473 g/mol. The Morgan fingerprint density at radius 2 is 1.97 bits per heavy atom. The number of carbonyl (C=O) groups excluding carboxylic acids is 1. The fraction of sp³-hybridized carbons (Fsp3) is 0.261. The number of rotatable bonds is 3. The minimum atomic E-state index is -4.59. The fourth-order valence-corrected chi connectivity index (χ4v) is 4.29. The molecule has 2 aliphatic heterocycles. The van der Waals surface area contributed by atoms with E-state index in [4.69, 9.17) is 0 Å². The second-order valence-electron chi connectivity index (χ2n) is 8.12. The topological polar surface area (TPSA) is 82.7 Å². The Balaban J connectivity index is 1.38. The number of hydrogen-bond acceptors (Lipinski definition) is 5. The predicted molar refractivity (Wildman–Crippen MR) is 113 cm³/mol. The number of alkyl halides is 3. The van der Waals surface area contributed by atoms with Crippen molar-refractivity contribution in [3.63, 3.8) is 0 Å². The molecule has 1 atom stereocenters. The summed E-state index contributed by atoms with van der Waals surface area (Å²) in [6.45, 7) is -0.191. The second-order valence-corrected chi connectivity index (χ2v) is 8.12. The molecule has 3 heterocycles. The van der Waals surface area contributed by atoms with E-state index in [9.17, 15) is 27.5 Å². The van der Waals surface area contributed by atoms with Crippen LogP contribution in [0.2, 0.25) is 0 Å². The standard InChI is InChI=1S/C23H19F4N5O2/c24-18-6-5-13(10-19-15-3-1-2-4-16(15)20(33)30-29-19)9-17(18)21(34)31-7-8-32-14(12-31)11-28-22(32)23(25,26)27/h1-6,9,11,20,30,33H,7-8,10,12H2. The first-order valence-corrected chi connectivity index (χ1v) is 10.5. The van der Waals surface area contributed by atoms with Gasteiger partial charge in [0, 0.05) is 30.6 Å². The van der Waals surface area contributed by atoms with Gasteiger partial charge in [-0.3, -0.25) is 10.2 Å². The minimum Gasteiger partial charge on any atom is -0.368 e. The number of carbonyl (C=O) groups is 1. The van der Waals surface area contributed by atoms with Gasteiger partial charge < -0.3 is 14.6 Å². The normalized spacial score (nSPS) is 17.5. The van der Waals surface area contributed by atoms with Crippen LogP contribution in [0.1, 0.15) is 44.8 Å². The molecule has 1 unspecified atom stereocenters. The summed E-state index contributed by atoms with van der Waals surface area (Å²) in [5, 5.41) is 14.3. The van der Waals surface area contributed by atoms with Gasteiger partial charge >= 0.3 is 6.18 Å². The molecule has 7 nitrogen and oxygen atoms in total. The van der Waals surface area contributed by atoms with E-state index in [2.05, 4.69) is 15.5 Å². The van der Waals surface area contributed by atoms with E-state index < -0.39 is 30.0 Å². The molecule has 0 saturated heterocycles. The molecule has 0 aliphatic carbocycles. The van der Waals surface area contributed by atoms with Crippen molar-refractivity contribution in [2.45, 2.75) is 31.9 Å². The van der Waals surface area contributed by atoms with Crippen molar-refractivity contribution in [1.29, 1.82) is 0 Å². The van der Waals surface area contributed by atoms with Gasteiger partial charge in [0.05, 0.1) is 29.7 Å². The Hall–Kier alpha value is -3.73. The molecule has 0 radical (unpaired) electrons. The molecule has 2 aromatic carbocycles. The molecular formula is C23H19F4N5O2. The minimum absolute atomic E-state index is 0.00314. The van der Waals surface area contributed by atoms with Crippen molar-refractivity contribution in [3.05, 3.63) is 88.3 Å². The van der Waals surface area contributed by atoms with Gasteiger partial charge in [0.15, 0.2) is 6.23 Å². The Labute approximate surface area is 191 Å². The molecule has 0 saturated carbocycles. The SMILES string of the molecule is O=C(c1cc(CC2=NNC(O)c3ccccc32)ccc1F)N1CCn2c(cnc2C(F)(F)F)C1. The number of halogens is 4. The molecule has 176 valence electrons. The lowest BCUT2D eigenvalue weighted by molar-refractivity contribution is -0.147. The number of amides is 1. The first-order valence-electron chi connectivity index (χ1n) is 10.5. The van der Waals surface area contributed by atoms with Crippen LogP contribution in [0.25, 0.3) is 0 Å². The molecule has 34 heavy (non-hydrogen) atoms. The number of hydrazone groups is 1. The van der Waals surface area contributed by atoms with Crippen LogP contribution in [0.4, 0.5) is 17.6 Å². The second kappa shape index (κ2) is 8.24. The zero-order valence-corrected chi connectivity index (χ0v) is 17.7. The predicted octanol–water partition coefficient (Wildman–Crippen LogP) is 3.24. The third kappa shape index (κ3) is 3.92. The highest BCUT2D eigenvalue weighted by atomic mass is 19.4. The van der Waals surface area contributed by atoms with Crippen LogP contribution in [-0.2, 0) is 25.7 Å². The molecule has 1 aromatic heterocycles. The van der Waals surface area contributed by atoms with Gasteiger partial charge in [0.2, 0.25) is 5.82 Å². The van der Waals surface area contributed by atoms with Crippen molar-refractivity contribution < 1.29 is 27.5 Å². The van der Waals surface area contributed by atoms with Crippen molar-refractivity contribution in [1.82, 2.24) is 19.9 Å². The molecule has 3 aromatic rings. The maximum Gasteiger partial charge on any atom is 0.449 e. The van der Waals surface area contributed by atoms with Crippen LogP contribution < -0.4 is 5.43 Å². The number of aliphatic hydroxyl groups excluding tert-OH is 1. The van der Waals surface area contributed by atoms with Crippen LogP contribution in [-0.4, -0.2) is 37.7 Å². The van der Waals surface area contributed by atoms with Gasteiger partial charge in [-0.2, -0.15) is 18.3 Å². The zero-order chi connectivity index (χ0) is 24.0. The Kier molecular flexibility index (Phi) is 5.35. The average molecular weight is 473 g/mol. The first kappa shape index (κ1) is 22.1. The van der Waals surface area contributed by atoms with Crippen molar-refractivity contribution >= 4 is 11.6 Å². The molecule has 1 amide bonds. The van der Waals surface area contributed by atoms with Crippen LogP contribution in [0.5, 0.6) is 0 Å². The largest absolute Gasteiger partial charge is 0.449 e. The molecule has 0 bridgehead atoms. The lowest BCUT2D eigenvalue weighted by atomic mass is 9.95. The van der Waals surface area contributed by atoms with E-state index in [0.29, 0.717) is 16.8 Å². The van der Waals surface area contributed by atoms with Crippen molar-refractivity contribution in [2.24, 2.45) is 5.10 Å². The summed E-state index contributed by atoms with van der Waals surface area (Å²) in [5.74, 6) is -2.33. The number of fused-ring (bicyclic) bond motifs is 2. The van der Waals surface area contributed by atoms with Gasteiger partial charge in [-0.15, -0.1) is 0 Å². The quantitative estimate of drug-likeness (QED) is 0.573. The smallest absolute Gasteiger partial charge is 0.368 e. The molecule has 5 rings (SSSR count). The lowest BCUT2D eigenvalue weighted by Gasteiger charge is -2.29. The maximum absolute atomic E-state index is 14.6. The summed E-state index contributed by atoms with van der Waals surface area (Å²) >= 11 is 0. The molecule has 2 aliphatic rings. The molecule has 2 N–H and O–H groups in total. The van der Waals surface area contributed by atoms with E-state index >= 15 is 0 Å². The van der Waals surface area contributed by atoms with Gasteiger partial charge in [-0.25, -0.2) is 9.37 Å². The van der Waals surface area contributed by atoms with E-state index in [-0.39, 0.29) is 37.3 Å². The maximum atomic E-state index is 14.6. The Morgan fingerprint density at radius 1 is 1.18 bits per heavy atom. The molecule has 0 fully saturated rings. The summed E-state index contributed by atoms with van der Waals surface area (Å²) in [6, 6.07) is 11.4. The fourth-order valence-electron chi connectivity index (χ4n) is 4.29. The summed E-state index contributed by atoms with van der Waals surface area (Å²) in [4.78, 5) is 17.8. The van der Waals surface area contributed by atoms with Crippen LogP contribution in [0.3, 0.4) is 0 Å². The number of aliphatic hydroxyl groups is 1. The highest BCUT2D eigenvalue weighted by Gasteiger charge is 2.39. The highest BCUT2D eigenvalue weighted by Crippen LogP contribution is 2.31. The van der Waals surface area contributed by atoms with Crippen LogP contribution in [0, 0.1) is 5.82 Å². The third-order valence-electron chi connectivity index (χ3n) is 5.95. The lowest BCUT2D eigenvalue weighted by Crippen LogP contribution is -2.39. The number of nitrogens with zero attached hydrogens (tertiary/aromatic N) is 4. The third-order valence-corrected chi connectivity index (χ3v) is 5.95. The summed E-state index contributed by atoms with van der Waals surface area (Å²) in [7, 11) is 0. The van der Waals surface area contributed by atoms with E-state index in [1.165, 1.54) is 17.0 Å². The van der Waals surface area contributed by atoms with E-state index in [0.717, 1.165) is 16.3 Å². The molecule has 11 heteroatoms.